The Balaban J connectivity index is 1.61. The van der Waals surface area contributed by atoms with Crippen LogP contribution in [0.4, 0.5) is 5.69 Å². The Kier molecular flexibility index (Phi) is 8.56. The average Bonchev–Trinajstić information content (AvgIpc) is 3.50. The zero-order chi connectivity index (χ0) is 31.1. The molecule has 3 aliphatic rings. The monoisotopic (exact) mass is 588 g/mol. The van der Waals surface area contributed by atoms with Gasteiger partial charge in [-0.2, -0.15) is 0 Å². The second-order valence-electron chi connectivity index (χ2n) is 12.8. The number of ether oxygens (including phenoxy) is 2. The molecule has 1 N–H and O–H groups in total. The second-order valence-corrected chi connectivity index (χ2v) is 12.8. The fraction of sp³-hybridized carbons (Fsp3) is 0.514. The summed E-state index contributed by atoms with van der Waals surface area (Å²) < 4.78 is 12.6. The van der Waals surface area contributed by atoms with E-state index in [0.29, 0.717) is 24.9 Å². The first-order valence-electron chi connectivity index (χ1n) is 15.4. The number of aliphatic hydroxyl groups excluding tert-OH is 1. The molecule has 2 bridgehead atoms. The number of carbonyl (C=O) groups excluding carboxylic acids is 3. The number of likely N-dealkylation sites (tertiary alicyclic amines) is 1. The first-order chi connectivity index (χ1) is 20.5. The Bertz CT molecular complexity index is 1420. The molecule has 1 spiro atoms. The lowest BCUT2D eigenvalue weighted by Crippen LogP contribution is -2.60. The summed E-state index contributed by atoms with van der Waals surface area (Å²) >= 11 is 0. The normalized spacial score (nSPS) is 30.0. The van der Waals surface area contributed by atoms with Crippen molar-refractivity contribution in [2.75, 3.05) is 24.7 Å². The number of nitrogens with zero attached hydrogens (tertiary/aromatic N) is 2. The van der Waals surface area contributed by atoms with Crippen molar-refractivity contribution in [2.45, 2.75) is 70.2 Å². The molecule has 5 rings (SSSR count). The molecular formula is C35H44N2O6. The van der Waals surface area contributed by atoms with Crippen molar-refractivity contribution in [1.29, 1.82) is 0 Å². The van der Waals surface area contributed by atoms with E-state index in [-0.39, 0.29) is 43.4 Å². The first-order valence-corrected chi connectivity index (χ1v) is 15.4. The third-order valence-electron chi connectivity index (χ3n) is 9.97. The number of esters is 1. The standard InChI is InChI=1S/C35H44N2O6/c1-7-9-12-18-42-33(41)29-28-31(39)37(27(21-38)22(3)4)30(35(28)20-23(5)34(29,6)43-35)32(40)36(17-8-2)26-16-15-24-13-10-11-14-25(24)19-26/h7-8,10-11,13-16,19,22-23,27-30,38H,1-2,9,12,17-18,20-21H2,3-6H3/t23?,27-,28-,29-,30?,34+,35?/m0/s1. The van der Waals surface area contributed by atoms with Gasteiger partial charge in [0.25, 0.3) is 5.91 Å². The molecule has 2 aromatic carbocycles. The highest BCUT2D eigenvalue weighted by molar-refractivity contribution is 6.06. The third kappa shape index (κ3) is 4.89. The number of amides is 2. The van der Waals surface area contributed by atoms with Crippen LogP contribution in [0.2, 0.25) is 0 Å². The number of rotatable bonds is 12. The largest absolute Gasteiger partial charge is 0.465 e. The van der Waals surface area contributed by atoms with Crippen LogP contribution < -0.4 is 4.90 Å². The quantitative estimate of drug-likeness (QED) is 0.215. The number of hydrogen-bond donors (Lipinski definition) is 1. The van der Waals surface area contributed by atoms with Gasteiger partial charge in [0.15, 0.2) is 0 Å². The predicted molar refractivity (Wildman–Crippen MR) is 166 cm³/mol. The number of allylic oxidation sites excluding steroid dienone is 1. The van der Waals surface area contributed by atoms with E-state index in [4.69, 9.17) is 9.47 Å². The maximum absolute atomic E-state index is 14.9. The van der Waals surface area contributed by atoms with Crippen LogP contribution in [0.3, 0.4) is 0 Å². The van der Waals surface area contributed by atoms with E-state index in [1.165, 1.54) is 4.90 Å². The molecule has 3 saturated heterocycles. The number of unbranched alkanes of at least 4 members (excludes halogenated alkanes) is 1. The topological polar surface area (TPSA) is 96.4 Å². The van der Waals surface area contributed by atoms with Crippen LogP contribution in [0.5, 0.6) is 0 Å². The van der Waals surface area contributed by atoms with Crippen LogP contribution in [-0.2, 0) is 23.9 Å². The number of aliphatic hydroxyl groups is 1. The predicted octanol–water partition coefficient (Wildman–Crippen LogP) is 4.90. The number of benzene rings is 2. The van der Waals surface area contributed by atoms with E-state index in [9.17, 15) is 19.5 Å². The van der Waals surface area contributed by atoms with Crippen molar-refractivity contribution in [3.05, 3.63) is 67.8 Å². The SMILES string of the molecule is C=CCCCOC(=O)[C@@H]1[C@H]2C(=O)N([C@@H](CO)C(C)C)C(C(=O)N(CC=C)c3ccc4ccccc4c3)C23CC(C)[C@@]1(C)O3. The molecule has 3 heterocycles. The number of carbonyl (C=O) groups is 3. The minimum absolute atomic E-state index is 0.113. The van der Waals surface area contributed by atoms with Crippen LogP contribution >= 0.6 is 0 Å². The maximum Gasteiger partial charge on any atom is 0.312 e. The lowest BCUT2D eigenvalue weighted by atomic mass is 9.62. The van der Waals surface area contributed by atoms with E-state index >= 15 is 0 Å². The Hall–Kier alpha value is -3.49. The van der Waals surface area contributed by atoms with Gasteiger partial charge >= 0.3 is 5.97 Å². The van der Waals surface area contributed by atoms with Crippen molar-refractivity contribution < 1.29 is 29.0 Å². The van der Waals surface area contributed by atoms with E-state index < -0.39 is 41.1 Å². The third-order valence-corrected chi connectivity index (χ3v) is 9.97. The van der Waals surface area contributed by atoms with Gasteiger partial charge in [-0.1, -0.05) is 63.3 Å². The van der Waals surface area contributed by atoms with Crippen molar-refractivity contribution >= 4 is 34.2 Å². The van der Waals surface area contributed by atoms with E-state index in [1.807, 2.05) is 70.2 Å². The molecule has 230 valence electrons. The summed E-state index contributed by atoms with van der Waals surface area (Å²) in [6.07, 6.45) is 5.21. The fourth-order valence-corrected chi connectivity index (χ4v) is 7.73. The zero-order valence-electron chi connectivity index (χ0n) is 25.7. The van der Waals surface area contributed by atoms with Gasteiger partial charge in [0, 0.05) is 12.2 Å². The lowest BCUT2D eigenvalue weighted by molar-refractivity contribution is -0.162. The molecule has 3 fully saturated rings. The minimum Gasteiger partial charge on any atom is -0.465 e. The summed E-state index contributed by atoms with van der Waals surface area (Å²) in [5.74, 6) is -3.17. The maximum atomic E-state index is 14.9. The van der Waals surface area contributed by atoms with E-state index in [0.717, 1.165) is 10.8 Å². The van der Waals surface area contributed by atoms with E-state index in [2.05, 4.69) is 13.2 Å². The van der Waals surface area contributed by atoms with Crippen LogP contribution in [0.15, 0.2) is 67.8 Å². The van der Waals surface area contributed by atoms with Crippen LogP contribution in [0.25, 0.3) is 10.8 Å². The Morgan fingerprint density at radius 2 is 1.91 bits per heavy atom. The lowest BCUT2D eigenvalue weighted by Gasteiger charge is -2.40. The molecule has 0 saturated carbocycles. The molecule has 2 amide bonds. The van der Waals surface area contributed by atoms with Gasteiger partial charge in [0.1, 0.15) is 17.6 Å². The van der Waals surface area contributed by atoms with Gasteiger partial charge in [-0.25, -0.2) is 0 Å². The highest BCUT2D eigenvalue weighted by atomic mass is 16.6. The molecule has 0 aromatic heterocycles. The molecule has 8 heteroatoms. The highest BCUT2D eigenvalue weighted by Crippen LogP contribution is 2.66. The van der Waals surface area contributed by atoms with Gasteiger partial charge in [-0.15, -0.1) is 13.2 Å². The summed E-state index contributed by atoms with van der Waals surface area (Å²) in [7, 11) is 0. The number of hydrogen-bond acceptors (Lipinski definition) is 6. The molecule has 3 aliphatic heterocycles. The minimum atomic E-state index is -1.24. The molecular weight excluding hydrogens is 544 g/mol. The zero-order valence-corrected chi connectivity index (χ0v) is 25.7. The number of fused-ring (bicyclic) bond motifs is 2. The number of anilines is 1. The molecule has 7 atom stereocenters. The summed E-state index contributed by atoms with van der Waals surface area (Å²) in [4.78, 5) is 46.4. The van der Waals surface area contributed by atoms with Crippen molar-refractivity contribution in [2.24, 2.45) is 23.7 Å². The Morgan fingerprint density at radius 3 is 2.56 bits per heavy atom. The van der Waals surface area contributed by atoms with Crippen molar-refractivity contribution in [1.82, 2.24) is 4.90 Å². The van der Waals surface area contributed by atoms with Crippen molar-refractivity contribution in [3.8, 4) is 0 Å². The van der Waals surface area contributed by atoms with E-state index in [1.54, 1.807) is 17.1 Å². The Labute approximate surface area is 254 Å². The van der Waals surface area contributed by atoms with Gasteiger partial charge in [-0.3, -0.25) is 14.4 Å². The summed E-state index contributed by atoms with van der Waals surface area (Å²) in [6, 6.07) is 12.1. The van der Waals surface area contributed by atoms with Crippen molar-refractivity contribution in [3.63, 3.8) is 0 Å². The summed E-state index contributed by atoms with van der Waals surface area (Å²) in [5.41, 5.74) is -1.55. The van der Waals surface area contributed by atoms with Gasteiger partial charge in [0.2, 0.25) is 5.91 Å². The van der Waals surface area contributed by atoms with Gasteiger partial charge in [0.05, 0.1) is 30.8 Å². The molecule has 8 nitrogen and oxygen atoms in total. The molecule has 2 aromatic rings. The average molecular weight is 589 g/mol. The Morgan fingerprint density at radius 1 is 1.19 bits per heavy atom. The molecule has 0 aliphatic carbocycles. The molecule has 43 heavy (non-hydrogen) atoms. The van der Waals surface area contributed by atoms with Gasteiger partial charge in [-0.05, 0) is 60.9 Å². The molecule has 3 unspecified atom stereocenters. The van der Waals surface area contributed by atoms with Crippen LogP contribution in [-0.4, -0.2) is 70.8 Å². The summed E-state index contributed by atoms with van der Waals surface area (Å²) in [6.45, 7) is 15.4. The second kappa shape index (κ2) is 11.9. The smallest absolute Gasteiger partial charge is 0.312 e. The highest BCUT2D eigenvalue weighted by Gasteiger charge is 2.81. The first kappa shape index (κ1) is 31.0. The van der Waals surface area contributed by atoms with Gasteiger partial charge < -0.3 is 24.4 Å². The summed E-state index contributed by atoms with van der Waals surface area (Å²) in [5, 5.41) is 12.6. The van der Waals surface area contributed by atoms with Crippen LogP contribution in [0.1, 0.15) is 47.0 Å². The molecule has 0 radical (unpaired) electrons. The van der Waals surface area contributed by atoms with Crippen LogP contribution in [0, 0.1) is 23.7 Å². The fourth-order valence-electron chi connectivity index (χ4n) is 7.73.